The van der Waals surface area contributed by atoms with Crippen LogP contribution in [0.5, 0.6) is 0 Å². The standard InChI is InChI=1S/C17H25N3O/c1-15-19-14-17(13-18-11-7-4-8-12-21-2)20(15)16-9-5-3-6-10-16/h3,5-6,9-10,14,18H,4,7-8,11-13H2,1-2H3. The Morgan fingerprint density at radius 1 is 1.14 bits per heavy atom. The van der Waals surface area contributed by atoms with Crippen molar-refractivity contribution in [2.24, 2.45) is 0 Å². The van der Waals surface area contributed by atoms with E-state index >= 15 is 0 Å². The lowest BCUT2D eigenvalue weighted by Gasteiger charge is -2.11. The summed E-state index contributed by atoms with van der Waals surface area (Å²) in [6.45, 7) is 4.78. The molecule has 0 unspecified atom stereocenters. The van der Waals surface area contributed by atoms with Gasteiger partial charge in [0.1, 0.15) is 5.82 Å². The van der Waals surface area contributed by atoms with E-state index in [1.54, 1.807) is 7.11 Å². The summed E-state index contributed by atoms with van der Waals surface area (Å²) in [4.78, 5) is 4.44. The molecule has 0 aliphatic carbocycles. The van der Waals surface area contributed by atoms with E-state index in [9.17, 15) is 0 Å². The van der Waals surface area contributed by atoms with Crippen molar-refractivity contribution in [3.63, 3.8) is 0 Å². The molecule has 2 aromatic rings. The highest BCUT2D eigenvalue weighted by Crippen LogP contribution is 2.14. The number of nitrogens with zero attached hydrogens (tertiary/aromatic N) is 2. The maximum absolute atomic E-state index is 5.05. The summed E-state index contributed by atoms with van der Waals surface area (Å²) in [6.07, 6.45) is 5.49. The summed E-state index contributed by atoms with van der Waals surface area (Å²) < 4.78 is 7.26. The lowest BCUT2D eigenvalue weighted by atomic mass is 10.2. The van der Waals surface area contributed by atoms with Crippen molar-refractivity contribution in [1.82, 2.24) is 14.9 Å². The summed E-state index contributed by atoms with van der Waals surface area (Å²) in [6, 6.07) is 10.4. The lowest BCUT2D eigenvalue weighted by Crippen LogP contribution is -2.17. The Hall–Kier alpha value is -1.65. The van der Waals surface area contributed by atoms with Crippen LogP contribution in [0, 0.1) is 6.92 Å². The summed E-state index contributed by atoms with van der Waals surface area (Å²) in [7, 11) is 1.76. The summed E-state index contributed by atoms with van der Waals surface area (Å²) in [5.41, 5.74) is 2.37. The van der Waals surface area contributed by atoms with Gasteiger partial charge in [-0.1, -0.05) is 18.2 Å². The first-order valence-corrected chi connectivity index (χ1v) is 7.61. The highest BCUT2D eigenvalue weighted by Gasteiger charge is 2.07. The van der Waals surface area contributed by atoms with Crippen LogP contribution in [0.1, 0.15) is 30.8 Å². The number of nitrogens with one attached hydrogen (secondary N) is 1. The molecular weight excluding hydrogens is 262 g/mol. The Bertz CT molecular complexity index is 522. The summed E-state index contributed by atoms with van der Waals surface area (Å²) in [5, 5.41) is 3.50. The minimum absolute atomic E-state index is 0.847. The quantitative estimate of drug-likeness (QED) is 0.720. The van der Waals surface area contributed by atoms with Crippen LogP contribution < -0.4 is 5.32 Å². The number of aromatic nitrogens is 2. The molecule has 4 heteroatoms. The van der Waals surface area contributed by atoms with Gasteiger partial charge in [0.2, 0.25) is 0 Å². The predicted molar refractivity (Wildman–Crippen MR) is 85.7 cm³/mol. The van der Waals surface area contributed by atoms with Gasteiger partial charge < -0.3 is 10.1 Å². The molecule has 0 aliphatic heterocycles. The van der Waals surface area contributed by atoms with Crippen molar-refractivity contribution in [3.05, 3.63) is 48.0 Å². The molecule has 0 atom stereocenters. The number of para-hydroxylation sites is 1. The third-order valence-electron chi connectivity index (χ3n) is 3.53. The van der Waals surface area contributed by atoms with E-state index in [-0.39, 0.29) is 0 Å². The third kappa shape index (κ3) is 4.69. The summed E-state index contributed by atoms with van der Waals surface area (Å²) >= 11 is 0. The van der Waals surface area contributed by atoms with E-state index in [2.05, 4.69) is 39.1 Å². The zero-order chi connectivity index (χ0) is 14.9. The number of rotatable bonds is 9. The first-order valence-electron chi connectivity index (χ1n) is 7.61. The van der Waals surface area contributed by atoms with E-state index < -0.39 is 0 Å². The van der Waals surface area contributed by atoms with Crippen molar-refractivity contribution < 1.29 is 4.74 Å². The van der Waals surface area contributed by atoms with E-state index in [1.165, 1.54) is 24.2 Å². The highest BCUT2D eigenvalue weighted by molar-refractivity contribution is 5.35. The first kappa shape index (κ1) is 15.7. The van der Waals surface area contributed by atoms with Crippen LogP contribution in [0.25, 0.3) is 5.69 Å². The Morgan fingerprint density at radius 3 is 2.71 bits per heavy atom. The molecule has 0 amide bonds. The number of ether oxygens (including phenoxy) is 1. The normalized spacial score (nSPS) is 11.0. The average Bonchev–Trinajstić information content (AvgIpc) is 2.88. The van der Waals surface area contributed by atoms with E-state index in [1.807, 2.05) is 19.2 Å². The Labute approximate surface area is 127 Å². The second-order valence-corrected chi connectivity index (χ2v) is 5.20. The van der Waals surface area contributed by atoms with Gasteiger partial charge in [-0.2, -0.15) is 0 Å². The largest absolute Gasteiger partial charge is 0.385 e. The monoisotopic (exact) mass is 287 g/mol. The molecule has 0 radical (unpaired) electrons. The molecule has 0 saturated heterocycles. The van der Waals surface area contributed by atoms with Crippen molar-refractivity contribution >= 4 is 0 Å². The smallest absolute Gasteiger partial charge is 0.110 e. The van der Waals surface area contributed by atoms with Gasteiger partial charge in [0.15, 0.2) is 0 Å². The van der Waals surface area contributed by atoms with Crippen molar-refractivity contribution in [2.45, 2.75) is 32.7 Å². The number of hydrogen-bond donors (Lipinski definition) is 1. The van der Waals surface area contributed by atoms with E-state index in [0.29, 0.717) is 0 Å². The predicted octanol–water partition coefficient (Wildman–Crippen LogP) is 3.09. The topological polar surface area (TPSA) is 39.1 Å². The first-order chi connectivity index (χ1) is 10.3. The van der Waals surface area contributed by atoms with Crippen LogP contribution in [-0.4, -0.2) is 29.8 Å². The van der Waals surface area contributed by atoms with Gasteiger partial charge in [-0.15, -0.1) is 0 Å². The average molecular weight is 287 g/mol. The van der Waals surface area contributed by atoms with Gasteiger partial charge >= 0.3 is 0 Å². The molecule has 1 heterocycles. The van der Waals surface area contributed by atoms with Crippen LogP contribution >= 0.6 is 0 Å². The maximum atomic E-state index is 5.05. The summed E-state index contributed by atoms with van der Waals surface area (Å²) in [5.74, 6) is 1.03. The molecule has 0 spiro atoms. The Morgan fingerprint density at radius 2 is 1.95 bits per heavy atom. The molecule has 0 fully saturated rings. The second-order valence-electron chi connectivity index (χ2n) is 5.20. The van der Waals surface area contributed by atoms with Crippen LogP contribution in [0.15, 0.2) is 36.5 Å². The molecule has 114 valence electrons. The molecule has 0 saturated carbocycles. The van der Waals surface area contributed by atoms with Crippen molar-refractivity contribution in [1.29, 1.82) is 0 Å². The fourth-order valence-corrected chi connectivity index (χ4v) is 2.44. The maximum Gasteiger partial charge on any atom is 0.110 e. The number of benzene rings is 1. The zero-order valence-electron chi connectivity index (χ0n) is 13.0. The number of imidazole rings is 1. The second kappa shape index (κ2) is 8.60. The van der Waals surface area contributed by atoms with Gasteiger partial charge in [0.05, 0.1) is 11.9 Å². The number of methoxy groups -OCH3 is 1. The van der Waals surface area contributed by atoms with Gasteiger partial charge in [0, 0.05) is 25.9 Å². The minimum Gasteiger partial charge on any atom is -0.385 e. The van der Waals surface area contributed by atoms with E-state index in [4.69, 9.17) is 4.74 Å². The zero-order valence-corrected chi connectivity index (χ0v) is 13.0. The molecular formula is C17H25N3O. The van der Waals surface area contributed by atoms with Crippen molar-refractivity contribution in [3.8, 4) is 5.69 Å². The number of aryl methyl sites for hydroxylation is 1. The van der Waals surface area contributed by atoms with Crippen LogP contribution in [-0.2, 0) is 11.3 Å². The fourth-order valence-electron chi connectivity index (χ4n) is 2.44. The number of hydrogen-bond acceptors (Lipinski definition) is 3. The third-order valence-corrected chi connectivity index (χ3v) is 3.53. The van der Waals surface area contributed by atoms with E-state index in [0.717, 1.165) is 31.9 Å². The van der Waals surface area contributed by atoms with Crippen LogP contribution in [0.3, 0.4) is 0 Å². The van der Waals surface area contributed by atoms with Gasteiger partial charge in [-0.3, -0.25) is 4.57 Å². The molecule has 0 bridgehead atoms. The fraction of sp³-hybridized carbons (Fsp3) is 0.471. The minimum atomic E-state index is 0.847. The molecule has 4 nitrogen and oxygen atoms in total. The lowest BCUT2D eigenvalue weighted by molar-refractivity contribution is 0.192. The molecule has 0 aliphatic rings. The number of unbranched alkanes of at least 4 members (excludes halogenated alkanes) is 2. The molecule has 1 aromatic carbocycles. The Balaban J connectivity index is 1.84. The molecule has 1 aromatic heterocycles. The molecule has 2 rings (SSSR count). The van der Waals surface area contributed by atoms with Crippen LogP contribution in [0.4, 0.5) is 0 Å². The SMILES string of the molecule is COCCCCCNCc1cnc(C)n1-c1ccccc1. The van der Waals surface area contributed by atoms with Gasteiger partial charge in [0.25, 0.3) is 0 Å². The van der Waals surface area contributed by atoms with Gasteiger partial charge in [-0.25, -0.2) is 4.98 Å². The van der Waals surface area contributed by atoms with Crippen molar-refractivity contribution in [2.75, 3.05) is 20.3 Å². The molecule has 1 N–H and O–H groups in total. The molecule has 21 heavy (non-hydrogen) atoms. The highest BCUT2D eigenvalue weighted by atomic mass is 16.5. The van der Waals surface area contributed by atoms with Crippen LogP contribution in [0.2, 0.25) is 0 Å². The Kier molecular flexibility index (Phi) is 6.44. The van der Waals surface area contributed by atoms with Gasteiger partial charge in [-0.05, 0) is 44.9 Å².